The molecule has 0 aliphatic rings. The van der Waals surface area contributed by atoms with Gasteiger partial charge in [-0.2, -0.15) is 0 Å². The summed E-state index contributed by atoms with van der Waals surface area (Å²) in [6.45, 7) is 0. The van der Waals surface area contributed by atoms with Crippen molar-refractivity contribution in [2.45, 2.75) is 0 Å². The first kappa shape index (κ1) is 27.2. The number of nitrogens with zero attached hydrogens (tertiary/aromatic N) is 2. The molecular weight excluding hydrogens is 613 g/mol. The Morgan fingerprint density at radius 2 is 0.940 bits per heavy atom. The maximum Gasteiger partial charge on any atom is 0.143 e. The third-order valence-corrected chi connectivity index (χ3v) is 10.2. The van der Waals surface area contributed by atoms with Crippen LogP contribution in [0.3, 0.4) is 0 Å². The third-order valence-electron chi connectivity index (χ3n) is 10.2. The van der Waals surface area contributed by atoms with Gasteiger partial charge in [0.25, 0.3) is 0 Å². The van der Waals surface area contributed by atoms with Crippen molar-refractivity contribution < 1.29 is 8.83 Å². The molecule has 3 aromatic heterocycles. The lowest BCUT2D eigenvalue weighted by Crippen LogP contribution is -2.10. The van der Waals surface area contributed by atoms with Crippen LogP contribution in [0.4, 0.5) is 17.1 Å². The zero-order valence-electron chi connectivity index (χ0n) is 26.9. The normalized spacial score (nSPS) is 12.0. The molecule has 0 saturated carbocycles. The second-order valence-corrected chi connectivity index (χ2v) is 12.9. The van der Waals surface area contributed by atoms with Crippen molar-refractivity contribution in [3.05, 3.63) is 170 Å². The number of hydrogen-bond donors (Lipinski definition) is 0. The summed E-state index contributed by atoms with van der Waals surface area (Å²) in [5.74, 6) is 0. The van der Waals surface area contributed by atoms with Crippen LogP contribution < -0.4 is 4.90 Å². The molecule has 11 aromatic rings. The summed E-state index contributed by atoms with van der Waals surface area (Å²) in [4.78, 5) is 2.36. The SMILES string of the molecule is c1ccc(-n2c3ccccc3c3cc(N(c4ccc5c(c4)oc4ccccc45)c4cccc5c4ccc4c6ccccc6oc54)ccc32)cc1. The number of anilines is 3. The second-order valence-electron chi connectivity index (χ2n) is 12.9. The lowest BCUT2D eigenvalue weighted by atomic mass is 10.0. The zero-order valence-corrected chi connectivity index (χ0v) is 26.9. The predicted octanol–water partition coefficient (Wildman–Crippen LogP) is 13.2. The summed E-state index contributed by atoms with van der Waals surface area (Å²) < 4.78 is 15.3. The van der Waals surface area contributed by atoms with E-state index in [1.54, 1.807) is 0 Å². The van der Waals surface area contributed by atoms with Crippen LogP contribution in [-0.4, -0.2) is 4.57 Å². The topological polar surface area (TPSA) is 34.5 Å². The number of rotatable bonds is 4. The van der Waals surface area contributed by atoms with Crippen LogP contribution in [0.1, 0.15) is 0 Å². The molecule has 8 aromatic carbocycles. The predicted molar refractivity (Wildman–Crippen MR) is 208 cm³/mol. The first-order chi connectivity index (χ1) is 24.8. The molecule has 11 rings (SSSR count). The van der Waals surface area contributed by atoms with E-state index in [4.69, 9.17) is 8.83 Å². The Kier molecular flexibility index (Phi) is 5.63. The van der Waals surface area contributed by atoms with Crippen LogP contribution in [0, 0.1) is 0 Å². The maximum atomic E-state index is 6.52. The van der Waals surface area contributed by atoms with Crippen molar-refractivity contribution >= 4 is 93.5 Å². The molecule has 0 aliphatic carbocycles. The fourth-order valence-corrected chi connectivity index (χ4v) is 7.95. The van der Waals surface area contributed by atoms with Crippen molar-refractivity contribution in [1.29, 1.82) is 0 Å². The average molecular weight is 641 g/mol. The van der Waals surface area contributed by atoms with Crippen molar-refractivity contribution in [1.82, 2.24) is 4.57 Å². The van der Waals surface area contributed by atoms with E-state index in [0.717, 1.165) is 82.9 Å². The molecule has 0 amide bonds. The minimum atomic E-state index is 0.857. The number of furan rings is 2. The average Bonchev–Trinajstić information content (AvgIpc) is 3.85. The third kappa shape index (κ3) is 3.87. The highest BCUT2D eigenvalue weighted by molar-refractivity contribution is 6.18. The second kappa shape index (κ2) is 10.4. The van der Waals surface area contributed by atoms with E-state index in [1.165, 1.54) is 16.3 Å². The van der Waals surface area contributed by atoms with Gasteiger partial charge < -0.3 is 18.3 Å². The van der Waals surface area contributed by atoms with E-state index in [-0.39, 0.29) is 0 Å². The Balaban J connectivity index is 1.20. The molecule has 0 spiro atoms. The van der Waals surface area contributed by atoms with Crippen LogP contribution in [0.25, 0.3) is 82.1 Å². The lowest BCUT2D eigenvalue weighted by Gasteiger charge is -2.27. The Morgan fingerprint density at radius 1 is 0.360 bits per heavy atom. The van der Waals surface area contributed by atoms with E-state index in [2.05, 4.69) is 155 Å². The minimum absolute atomic E-state index is 0.857. The molecule has 0 saturated heterocycles. The molecule has 4 heteroatoms. The molecule has 0 atom stereocenters. The largest absolute Gasteiger partial charge is 0.456 e. The molecule has 3 heterocycles. The van der Waals surface area contributed by atoms with Gasteiger partial charge in [-0.3, -0.25) is 0 Å². The monoisotopic (exact) mass is 640 g/mol. The number of aromatic nitrogens is 1. The van der Waals surface area contributed by atoms with E-state index < -0.39 is 0 Å². The van der Waals surface area contributed by atoms with Crippen LogP contribution in [-0.2, 0) is 0 Å². The Labute approximate surface area is 286 Å². The highest BCUT2D eigenvalue weighted by Gasteiger charge is 2.21. The molecule has 0 bridgehead atoms. The summed E-state index contributed by atoms with van der Waals surface area (Å²) in [5, 5.41) is 9.06. The van der Waals surface area contributed by atoms with Gasteiger partial charge in [0.2, 0.25) is 0 Å². The smallest absolute Gasteiger partial charge is 0.143 e. The van der Waals surface area contributed by atoms with Gasteiger partial charge in [0.1, 0.15) is 22.3 Å². The molecule has 0 unspecified atom stereocenters. The van der Waals surface area contributed by atoms with Gasteiger partial charge in [0.05, 0.1) is 16.7 Å². The van der Waals surface area contributed by atoms with E-state index in [0.29, 0.717) is 0 Å². The Hall–Kier alpha value is -6.78. The highest BCUT2D eigenvalue weighted by atomic mass is 16.3. The first-order valence-electron chi connectivity index (χ1n) is 16.9. The fraction of sp³-hybridized carbons (Fsp3) is 0. The summed E-state index contributed by atoms with van der Waals surface area (Å²) >= 11 is 0. The van der Waals surface area contributed by atoms with Crippen molar-refractivity contribution in [2.24, 2.45) is 0 Å². The summed E-state index contributed by atoms with van der Waals surface area (Å²) in [7, 11) is 0. The summed E-state index contributed by atoms with van der Waals surface area (Å²) in [6, 6.07) is 60.1. The van der Waals surface area contributed by atoms with Gasteiger partial charge in [-0.15, -0.1) is 0 Å². The number of benzene rings is 8. The van der Waals surface area contributed by atoms with Gasteiger partial charge >= 0.3 is 0 Å². The van der Waals surface area contributed by atoms with Gasteiger partial charge in [-0.05, 0) is 72.8 Å². The highest BCUT2D eigenvalue weighted by Crippen LogP contribution is 2.45. The van der Waals surface area contributed by atoms with Crippen molar-refractivity contribution in [3.8, 4) is 5.69 Å². The number of para-hydroxylation sites is 4. The van der Waals surface area contributed by atoms with Crippen LogP contribution in [0.15, 0.2) is 179 Å². The minimum Gasteiger partial charge on any atom is -0.456 e. The molecule has 0 aliphatic heterocycles. The summed E-state index contributed by atoms with van der Waals surface area (Å²) in [5.41, 5.74) is 10.2. The molecule has 234 valence electrons. The van der Waals surface area contributed by atoms with Gasteiger partial charge in [0.15, 0.2) is 0 Å². The quantitative estimate of drug-likeness (QED) is 0.192. The molecular formula is C46H28N2O2. The van der Waals surface area contributed by atoms with Gasteiger partial charge in [-0.25, -0.2) is 0 Å². The van der Waals surface area contributed by atoms with E-state index in [1.807, 2.05) is 24.3 Å². The molecule has 0 fully saturated rings. The van der Waals surface area contributed by atoms with Crippen LogP contribution in [0.5, 0.6) is 0 Å². The van der Waals surface area contributed by atoms with Crippen LogP contribution in [0.2, 0.25) is 0 Å². The zero-order chi connectivity index (χ0) is 32.8. The fourth-order valence-electron chi connectivity index (χ4n) is 7.95. The summed E-state index contributed by atoms with van der Waals surface area (Å²) in [6.07, 6.45) is 0. The Bertz CT molecular complexity index is 3110. The van der Waals surface area contributed by atoms with Crippen LogP contribution >= 0.6 is 0 Å². The molecule has 0 radical (unpaired) electrons. The number of fused-ring (bicyclic) bond motifs is 11. The Morgan fingerprint density at radius 3 is 1.80 bits per heavy atom. The molecule has 4 nitrogen and oxygen atoms in total. The van der Waals surface area contributed by atoms with Crippen molar-refractivity contribution in [2.75, 3.05) is 4.90 Å². The number of hydrogen-bond acceptors (Lipinski definition) is 3. The lowest BCUT2D eigenvalue weighted by molar-refractivity contribution is 0.669. The van der Waals surface area contributed by atoms with Gasteiger partial charge in [0, 0.05) is 66.2 Å². The van der Waals surface area contributed by atoms with E-state index >= 15 is 0 Å². The van der Waals surface area contributed by atoms with Crippen molar-refractivity contribution in [3.63, 3.8) is 0 Å². The standard InChI is InChI=1S/C46H28N2O2/c1-2-11-29(12-3-1)48-41-17-7-4-13-32(41)39-27-30(22-26-42(39)48)47(31-21-23-36-34-14-5-8-19-43(34)49-45(36)28-31)40-18-10-16-37-33(40)24-25-38-35-15-6-9-20-44(35)50-46(37)38/h1-28H. The molecule has 0 N–H and O–H groups in total. The maximum absolute atomic E-state index is 6.52. The van der Waals surface area contributed by atoms with Gasteiger partial charge in [-0.1, -0.05) is 91.0 Å². The molecule has 50 heavy (non-hydrogen) atoms. The first-order valence-corrected chi connectivity index (χ1v) is 16.9. The van der Waals surface area contributed by atoms with E-state index in [9.17, 15) is 0 Å².